The van der Waals surface area contributed by atoms with Crippen LogP contribution >= 0.6 is 11.6 Å². The van der Waals surface area contributed by atoms with E-state index >= 15 is 0 Å². The minimum absolute atomic E-state index is 0.0243. The Morgan fingerprint density at radius 2 is 1.68 bits per heavy atom. The highest BCUT2D eigenvalue weighted by atomic mass is 35.5. The number of halogens is 4. The molecular formula is C29H36ClF3N8O2S. The fourth-order valence-corrected chi connectivity index (χ4v) is 7.59. The fourth-order valence-electron chi connectivity index (χ4n) is 6.44. The molecule has 0 bridgehead atoms. The highest BCUT2D eigenvalue weighted by Crippen LogP contribution is 2.37. The second kappa shape index (κ2) is 12.5. The number of benzene rings is 1. The molecule has 10 nitrogen and oxygen atoms in total. The van der Waals surface area contributed by atoms with Gasteiger partial charge in [0.2, 0.25) is 16.0 Å². The van der Waals surface area contributed by atoms with E-state index < -0.39 is 21.8 Å². The lowest BCUT2D eigenvalue weighted by atomic mass is 10.0. The quantitative estimate of drug-likeness (QED) is 0.385. The first kappa shape index (κ1) is 31.1. The third kappa shape index (κ3) is 6.82. The molecule has 3 saturated heterocycles. The summed E-state index contributed by atoms with van der Waals surface area (Å²) in [5, 5.41) is 3.54. The predicted molar refractivity (Wildman–Crippen MR) is 164 cm³/mol. The van der Waals surface area contributed by atoms with Crippen molar-refractivity contribution in [2.75, 3.05) is 55.7 Å². The Morgan fingerprint density at radius 1 is 0.977 bits per heavy atom. The van der Waals surface area contributed by atoms with Crippen LogP contribution in [-0.4, -0.2) is 94.7 Å². The van der Waals surface area contributed by atoms with Crippen molar-refractivity contribution in [2.24, 2.45) is 0 Å². The van der Waals surface area contributed by atoms with Crippen LogP contribution in [0.25, 0.3) is 17.1 Å². The van der Waals surface area contributed by atoms with Crippen molar-refractivity contribution < 1.29 is 21.6 Å². The third-order valence-electron chi connectivity index (χ3n) is 8.87. The molecule has 1 aromatic carbocycles. The molecule has 2 aromatic heterocycles. The van der Waals surface area contributed by atoms with E-state index in [9.17, 15) is 21.6 Å². The fraction of sp³-hybridized carbons (Fsp3) is 0.552. The van der Waals surface area contributed by atoms with Crippen LogP contribution in [0.4, 0.5) is 24.8 Å². The lowest BCUT2D eigenvalue weighted by molar-refractivity contribution is -0.137. The number of nitrogens with one attached hydrogen (secondary N) is 1. The maximum absolute atomic E-state index is 14.0. The number of likely N-dealkylation sites (tertiary alicyclic amines) is 1. The lowest BCUT2D eigenvalue weighted by Crippen LogP contribution is -2.43. The number of hydrogen-bond acceptors (Lipinski definition) is 8. The number of rotatable bonds is 7. The molecule has 15 heteroatoms. The summed E-state index contributed by atoms with van der Waals surface area (Å²) in [7, 11) is -3.30. The molecule has 5 heterocycles. The van der Waals surface area contributed by atoms with Crippen molar-refractivity contribution in [1.82, 2.24) is 28.7 Å². The Balaban J connectivity index is 1.18. The summed E-state index contributed by atoms with van der Waals surface area (Å²) in [5.74, 6) is 0.0243. The van der Waals surface area contributed by atoms with Gasteiger partial charge in [-0.1, -0.05) is 11.6 Å². The zero-order valence-corrected chi connectivity index (χ0v) is 26.0. The molecule has 3 aromatic rings. The standard InChI is InChI=1S/C29H36ClF3N8O2S/c1-44(42,43)41-14-6-20(7-15-41)36-28-34-17-23(29(31,32)33)27(37-28)25-18-40(19-35-25)26-5-4-22(16-24(26)30)39-12-8-21(9-13-39)38-10-2-3-11-38/h4-5,16-21H,2-3,6-15H2,1H3,(H,34,36,37). The first-order chi connectivity index (χ1) is 21.0. The van der Waals surface area contributed by atoms with E-state index in [1.165, 1.54) is 42.8 Å². The third-order valence-corrected chi connectivity index (χ3v) is 10.5. The summed E-state index contributed by atoms with van der Waals surface area (Å²) in [6, 6.07) is 6.20. The number of imidazole rings is 1. The normalized spacial score (nSPS) is 20.0. The SMILES string of the molecule is CS(=O)(=O)N1CCC(Nc2ncc(C(F)(F)F)c(-c3cn(-c4ccc(N5CCC(N6CCCC6)CC5)cc4Cl)cn3)n2)CC1. The van der Waals surface area contributed by atoms with Gasteiger partial charge in [0.15, 0.2) is 0 Å². The van der Waals surface area contributed by atoms with E-state index in [0.29, 0.717) is 42.7 Å². The predicted octanol–water partition coefficient (Wildman–Crippen LogP) is 4.90. The first-order valence-electron chi connectivity index (χ1n) is 14.9. The van der Waals surface area contributed by atoms with Gasteiger partial charge in [-0.25, -0.2) is 27.7 Å². The largest absolute Gasteiger partial charge is 0.420 e. The summed E-state index contributed by atoms with van der Waals surface area (Å²) in [5.41, 5.74) is 0.292. The summed E-state index contributed by atoms with van der Waals surface area (Å²) in [6.07, 6.45) is 5.88. The van der Waals surface area contributed by atoms with Gasteiger partial charge in [0, 0.05) is 56.3 Å². The molecule has 0 unspecified atom stereocenters. The molecule has 0 spiro atoms. The highest BCUT2D eigenvalue weighted by Gasteiger charge is 2.36. The van der Waals surface area contributed by atoms with Gasteiger partial charge in [-0.2, -0.15) is 13.2 Å². The molecule has 0 atom stereocenters. The summed E-state index contributed by atoms with van der Waals surface area (Å²) < 4.78 is 68.5. The lowest BCUT2D eigenvalue weighted by Gasteiger charge is -2.38. The number of alkyl halides is 3. The van der Waals surface area contributed by atoms with Gasteiger partial charge in [-0.05, 0) is 69.8 Å². The van der Waals surface area contributed by atoms with Gasteiger partial charge in [-0.3, -0.25) is 0 Å². The van der Waals surface area contributed by atoms with Crippen LogP contribution in [-0.2, 0) is 16.2 Å². The van der Waals surface area contributed by atoms with Crippen LogP contribution in [0.1, 0.15) is 44.1 Å². The van der Waals surface area contributed by atoms with Crippen molar-refractivity contribution in [3.8, 4) is 17.1 Å². The average Bonchev–Trinajstić information content (AvgIpc) is 3.70. The van der Waals surface area contributed by atoms with Gasteiger partial charge >= 0.3 is 6.18 Å². The molecule has 3 fully saturated rings. The summed E-state index contributed by atoms with van der Waals surface area (Å²) in [4.78, 5) is 17.3. The van der Waals surface area contributed by atoms with Gasteiger partial charge in [0.05, 0.1) is 17.0 Å². The van der Waals surface area contributed by atoms with Crippen LogP contribution in [0.2, 0.25) is 5.02 Å². The van der Waals surface area contributed by atoms with Crippen molar-refractivity contribution in [3.63, 3.8) is 0 Å². The maximum atomic E-state index is 14.0. The Hall–Kier alpha value is -2.94. The zero-order chi connectivity index (χ0) is 31.1. The monoisotopic (exact) mass is 652 g/mol. The molecular weight excluding hydrogens is 617 g/mol. The molecule has 3 aliphatic rings. The molecule has 0 aliphatic carbocycles. The Morgan fingerprint density at radius 3 is 2.32 bits per heavy atom. The van der Waals surface area contributed by atoms with Crippen molar-refractivity contribution >= 4 is 33.3 Å². The van der Waals surface area contributed by atoms with E-state index in [1.54, 1.807) is 4.57 Å². The molecule has 1 N–H and O–H groups in total. The van der Waals surface area contributed by atoms with E-state index in [-0.39, 0.29) is 23.4 Å². The van der Waals surface area contributed by atoms with Crippen molar-refractivity contribution in [3.05, 3.63) is 47.5 Å². The highest BCUT2D eigenvalue weighted by molar-refractivity contribution is 7.88. The molecule has 3 aliphatic heterocycles. The number of anilines is 2. The van der Waals surface area contributed by atoms with Crippen molar-refractivity contribution in [1.29, 1.82) is 0 Å². The summed E-state index contributed by atoms with van der Waals surface area (Å²) >= 11 is 6.71. The van der Waals surface area contributed by atoms with E-state index in [0.717, 1.165) is 44.1 Å². The molecule has 6 rings (SSSR count). The molecule has 0 amide bonds. The Kier molecular flexibility index (Phi) is 8.79. The van der Waals surface area contributed by atoms with Gasteiger partial charge in [-0.15, -0.1) is 0 Å². The molecule has 44 heavy (non-hydrogen) atoms. The van der Waals surface area contributed by atoms with Crippen LogP contribution in [0.5, 0.6) is 0 Å². The van der Waals surface area contributed by atoms with E-state index in [2.05, 4.69) is 30.1 Å². The van der Waals surface area contributed by atoms with Crippen LogP contribution in [0, 0.1) is 0 Å². The Labute approximate surface area is 260 Å². The topological polar surface area (TPSA) is 99.5 Å². The second-order valence-corrected chi connectivity index (χ2v) is 14.2. The van der Waals surface area contributed by atoms with Gasteiger partial charge in [0.25, 0.3) is 0 Å². The molecule has 238 valence electrons. The van der Waals surface area contributed by atoms with E-state index in [1.807, 2.05) is 18.2 Å². The van der Waals surface area contributed by atoms with Crippen LogP contribution in [0.15, 0.2) is 36.9 Å². The number of sulfonamides is 1. The van der Waals surface area contributed by atoms with E-state index in [4.69, 9.17) is 11.6 Å². The summed E-state index contributed by atoms with van der Waals surface area (Å²) in [6.45, 7) is 4.92. The minimum Gasteiger partial charge on any atom is -0.371 e. The second-order valence-electron chi connectivity index (χ2n) is 11.8. The Bertz CT molecular complexity index is 1580. The number of aromatic nitrogens is 4. The van der Waals surface area contributed by atoms with Crippen LogP contribution in [0.3, 0.4) is 0 Å². The molecule has 0 radical (unpaired) electrons. The average molecular weight is 653 g/mol. The smallest absolute Gasteiger partial charge is 0.371 e. The zero-order valence-electron chi connectivity index (χ0n) is 24.5. The minimum atomic E-state index is -4.69. The maximum Gasteiger partial charge on any atom is 0.420 e. The van der Waals surface area contributed by atoms with Gasteiger partial charge < -0.3 is 19.7 Å². The van der Waals surface area contributed by atoms with Crippen molar-refractivity contribution in [2.45, 2.75) is 56.8 Å². The number of hydrogen-bond donors (Lipinski definition) is 1. The van der Waals surface area contributed by atoms with Crippen LogP contribution < -0.4 is 10.2 Å². The molecule has 0 saturated carbocycles. The van der Waals surface area contributed by atoms with Gasteiger partial charge in [0.1, 0.15) is 23.3 Å². The first-order valence-corrected chi connectivity index (χ1v) is 17.2. The number of piperidine rings is 2. The number of nitrogens with zero attached hydrogens (tertiary/aromatic N) is 7.